The van der Waals surface area contributed by atoms with Crippen molar-refractivity contribution in [2.24, 2.45) is 5.84 Å². The van der Waals surface area contributed by atoms with Gasteiger partial charge in [-0.15, -0.1) is 0 Å². The first-order valence-electron chi connectivity index (χ1n) is 8.36. The normalized spacial score (nSPS) is 20.1. The molecule has 1 aromatic rings. The van der Waals surface area contributed by atoms with Gasteiger partial charge in [-0.3, -0.25) is 11.3 Å². The first kappa shape index (κ1) is 16.5. The molecule has 1 aliphatic carbocycles. The van der Waals surface area contributed by atoms with Crippen molar-refractivity contribution in [3.8, 4) is 0 Å². The Hall–Kier alpha value is -0.910. The number of nitrogens with two attached hydrogens (primary N) is 1. The summed E-state index contributed by atoms with van der Waals surface area (Å²) in [6.45, 7) is 5.89. The molecule has 0 saturated heterocycles. The zero-order valence-electron chi connectivity index (χ0n) is 13.5. The maximum Gasteiger partial charge on any atom is 0.110 e. The summed E-state index contributed by atoms with van der Waals surface area (Å²) in [7, 11) is 0. The predicted molar refractivity (Wildman–Crippen MR) is 84.8 cm³/mol. The third-order valence-electron chi connectivity index (χ3n) is 4.75. The van der Waals surface area contributed by atoms with Crippen molar-refractivity contribution in [2.45, 2.75) is 77.0 Å². The van der Waals surface area contributed by atoms with Gasteiger partial charge < -0.3 is 9.30 Å². The number of rotatable bonds is 7. The van der Waals surface area contributed by atoms with Crippen LogP contribution in [0.15, 0.2) is 12.4 Å². The van der Waals surface area contributed by atoms with E-state index in [-0.39, 0.29) is 11.6 Å². The Bertz CT molecular complexity index is 410. The van der Waals surface area contributed by atoms with E-state index in [4.69, 9.17) is 10.6 Å². The fraction of sp³-hybridized carbons (Fsp3) is 0.812. The van der Waals surface area contributed by atoms with Gasteiger partial charge in [-0.25, -0.2) is 4.98 Å². The van der Waals surface area contributed by atoms with Gasteiger partial charge in [-0.2, -0.15) is 0 Å². The summed E-state index contributed by atoms with van der Waals surface area (Å²) in [4.78, 5) is 4.50. The second kappa shape index (κ2) is 7.92. The zero-order chi connectivity index (χ0) is 15.1. The third-order valence-corrected chi connectivity index (χ3v) is 4.75. The fourth-order valence-electron chi connectivity index (χ4n) is 3.61. The summed E-state index contributed by atoms with van der Waals surface area (Å²) in [5, 5.41) is 0. The van der Waals surface area contributed by atoms with Crippen LogP contribution in [0.25, 0.3) is 0 Å². The molecule has 1 unspecified atom stereocenters. The average molecular weight is 294 g/mol. The van der Waals surface area contributed by atoms with Gasteiger partial charge in [0.1, 0.15) is 5.82 Å². The fourth-order valence-corrected chi connectivity index (χ4v) is 3.61. The number of aromatic nitrogens is 2. The van der Waals surface area contributed by atoms with Crippen molar-refractivity contribution >= 4 is 0 Å². The maximum absolute atomic E-state index is 6.25. The van der Waals surface area contributed by atoms with Crippen LogP contribution >= 0.6 is 0 Å². The minimum Gasteiger partial charge on any atom is -0.374 e. The van der Waals surface area contributed by atoms with Gasteiger partial charge in [-0.05, 0) is 26.7 Å². The largest absolute Gasteiger partial charge is 0.374 e. The smallest absolute Gasteiger partial charge is 0.110 e. The van der Waals surface area contributed by atoms with E-state index in [1.54, 1.807) is 0 Å². The van der Waals surface area contributed by atoms with E-state index in [1.807, 2.05) is 12.4 Å². The van der Waals surface area contributed by atoms with Crippen LogP contribution in [0.4, 0.5) is 0 Å². The molecule has 120 valence electrons. The summed E-state index contributed by atoms with van der Waals surface area (Å²) < 4.78 is 8.43. The number of hydrogen-bond acceptors (Lipinski definition) is 4. The van der Waals surface area contributed by atoms with Gasteiger partial charge in [0.25, 0.3) is 0 Å². The molecule has 0 spiro atoms. The number of nitrogens with zero attached hydrogens (tertiary/aromatic N) is 2. The van der Waals surface area contributed by atoms with E-state index in [0.29, 0.717) is 0 Å². The first-order valence-corrected chi connectivity index (χ1v) is 8.36. The molecule has 2 rings (SSSR count). The first-order chi connectivity index (χ1) is 10.3. The Morgan fingerprint density at radius 1 is 1.33 bits per heavy atom. The number of nitrogens with one attached hydrogen (secondary N) is 1. The Morgan fingerprint density at radius 3 is 2.62 bits per heavy atom. The molecule has 1 atom stereocenters. The SMILES string of the molecule is CCOC1(C(Cc2nccn2CC)NN)CCCCCC1. The minimum absolute atomic E-state index is 0.114. The number of hydrazine groups is 1. The van der Waals surface area contributed by atoms with Crippen LogP contribution in [0.3, 0.4) is 0 Å². The molecular weight excluding hydrogens is 264 g/mol. The van der Waals surface area contributed by atoms with Crippen molar-refractivity contribution in [1.29, 1.82) is 0 Å². The number of aryl methyl sites for hydroxylation is 1. The Balaban J connectivity index is 2.18. The molecule has 1 fully saturated rings. The molecule has 3 N–H and O–H groups in total. The van der Waals surface area contributed by atoms with Crippen molar-refractivity contribution in [1.82, 2.24) is 15.0 Å². The topological polar surface area (TPSA) is 65.1 Å². The number of hydrogen-bond donors (Lipinski definition) is 2. The second-order valence-electron chi connectivity index (χ2n) is 5.96. The van der Waals surface area contributed by atoms with Gasteiger partial charge in [0.15, 0.2) is 0 Å². The molecule has 0 bridgehead atoms. The molecule has 5 heteroatoms. The highest BCUT2D eigenvalue weighted by atomic mass is 16.5. The van der Waals surface area contributed by atoms with Crippen molar-refractivity contribution in [3.63, 3.8) is 0 Å². The Labute approximate surface area is 128 Å². The van der Waals surface area contributed by atoms with Crippen LogP contribution < -0.4 is 11.3 Å². The Morgan fingerprint density at radius 2 is 2.05 bits per heavy atom. The van der Waals surface area contributed by atoms with E-state index in [1.165, 1.54) is 25.7 Å². The maximum atomic E-state index is 6.25. The quantitative estimate of drug-likeness (QED) is 0.460. The van der Waals surface area contributed by atoms with Gasteiger partial charge >= 0.3 is 0 Å². The second-order valence-corrected chi connectivity index (χ2v) is 5.96. The van der Waals surface area contributed by atoms with Gasteiger partial charge in [0, 0.05) is 32.0 Å². The van der Waals surface area contributed by atoms with Crippen LogP contribution in [0.2, 0.25) is 0 Å². The van der Waals surface area contributed by atoms with Crippen LogP contribution in [0.5, 0.6) is 0 Å². The molecule has 1 saturated carbocycles. The summed E-state index contributed by atoms with van der Waals surface area (Å²) in [5.74, 6) is 7.00. The standard InChI is InChI=1S/C16H30N4O/c1-3-20-12-11-18-15(20)13-14(19-17)16(21-4-2)9-7-5-6-8-10-16/h11-12,14,19H,3-10,13,17H2,1-2H3. The third kappa shape index (κ3) is 3.84. The van der Waals surface area contributed by atoms with E-state index in [9.17, 15) is 0 Å². The van der Waals surface area contributed by atoms with E-state index in [0.717, 1.165) is 38.2 Å². The summed E-state index contributed by atoms with van der Waals surface area (Å²) in [6, 6.07) is 0.114. The van der Waals surface area contributed by atoms with Crippen LogP contribution in [0.1, 0.15) is 58.2 Å². The van der Waals surface area contributed by atoms with Crippen molar-refractivity contribution in [3.05, 3.63) is 18.2 Å². The van der Waals surface area contributed by atoms with Crippen LogP contribution in [-0.4, -0.2) is 27.8 Å². The molecule has 1 aliphatic rings. The highest BCUT2D eigenvalue weighted by Crippen LogP contribution is 2.34. The number of imidazole rings is 1. The summed E-state index contributed by atoms with van der Waals surface area (Å²) >= 11 is 0. The highest BCUT2D eigenvalue weighted by Gasteiger charge is 2.39. The summed E-state index contributed by atoms with van der Waals surface area (Å²) in [6.07, 6.45) is 11.9. The molecule has 5 nitrogen and oxygen atoms in total. The predicted octanol–water partition coefficient (Wildman–Crippen LogP) is 2.41. The molecular formula is C16H30N4O. The average Bonchev–Trinajstić information content (AvgIpc) is 2.82. The monoisotopic (exact) mass is 294 g/mol. The van der Waals surface area contributed by atoms with Gasteiger partial charge in [-0.1, -0.05) is 25.7 Å². The highest BCUT2D eigenvalue weighted by molar-refractivity contribution is 5.02. The van der Waals surface area contributed by atoms with Crippen molar-refractivity contribution < 1.29 is 4.74 Å². The lowest BCUT2D eigenvalue weighted by molar-refractivity contribution is -0.0773. The van der Waals surface area contributed by atoms with Crippen LogP contribution in [-0.2, 0) is 17.7 Å². The lowest BCUT2D eigenvalue weighted by Gasteiger charge is -2.39. The lowest BCUT2D eigenvalue weighted by atomic mass is 9.84. The molecule has 0 amide bonds. The molecule has 0 aliphatic heterocycles. The molecule has 1 heterocycles. The molecule has 0 radical (unpaired) electrons. The van der Waals surface area contributed by atoms with Crippen molar-refractivity contribution in [2.75, 3.05) is 6.61 Å². The number of ether oxygens (including phenoxy) is 1. The van der Waals surface area contributed by atoms with E-state index in [2.05, 4.69) is 28.8 Å². The lowest BCUT2D eigenvalue weighted by Crippen LogP contribution is -2.56. The van der Waals surface area contributed by atoms with E-state index < -0.39 is 0 Å². The van der Waals surface area contributed by atoms with Gasteiger partial charge in [0.05, 0.1) is 11.6 Å². The molecule has 1 aromatic heterocycles. The zero-order valence-corrected chi connectivity index (χ0v) is 13.5. The van der Waals surface area contributed by atoms with Crippen LogP contribution in [0, 0.1) is 0 Å². The van der Waals surface area contributed by atoms with Gasteiger partial charge in [0.2, 0.25) is 0 Å². The minimum atomic E-state index is -0.148. The van der Waals surface area contributed by atoms with E-state index >= 15 is 0 Å². The molecule has 0 aromatic carbocycles. The molecule has 21 heavy (non-hydrogen) atoms. The Kier molecular flexibility index (Phi) is 6.21. The summed E-state index contributed by atoms with van der Waals surface area (Å²) in [5.41, 5.74) is 2.89.